The lowest BCUT2D eigenvalue weighted by molar-refractivity contribution is 0.535. The van der Waals surface area contributed by atoms with Crippen LogP contribution in [0.2, 0.25) is 0 Å². The van der Waals surface area contributed by atoms with E-state index < -0.39 is 0 Å². The van der Waals surface area contributed by atoms with E-state index in [1.807, 2.05) is 43.3 Å². The standard InChI is InChI=1S/C23H26N8S/c1-16-13-25-22(28-17-8-10-19(11-9-17)31-15-24-14-26-31)29-21(16)27-18-6-5-7-20(12-18)32-30-23(2,3)4/h5-15,30H,1-4H3,(H2,25,27,28,29). The van der Waals surface area contributed by atoms with Gasteiger partial charge in [0.1, 0.15) is 18.5 Å². The Morgan fingerprint density at radius 3 is 2.50 bits per heavy atom. The van der Waals surface area contributed by atoms with Crippen molar-refractivity contribution in [2.24, 2.45) is 0 Å². The van der Waals surface area contributed by atoms with Crippen LogP contribution in [0.1, 0.15) is 26.3 Å². The fourth-order valence-electron chi connectivity index (χ4n) is 2.78. The lowest BCUT2D eigenvalue weighted by Gasteiger charge is -2.19. The summed E-state index contributed by atoms with van der Waals surface area (Å²) in [5.74, 6) is 1.28. The number of rotatable bonds is 7. The van der Waals surface area contributed by atoms with Gasteiger partial charge in [-0.1, -0.05) is 6.07 Å². The Bertz CT molecular complexity index is 1170. The molecule has 0 aliphatic rings. The van der Waals surface area contributed by atoms with E-state index in [1.54, 1.807) is 29.2 Å². The molecule has 2 aromatic heterocycles. The number of nitrogens with zero attached hydrogens (tertiary/aromatic N) is 5. The highest BCUT2D eigenvalue weighted by Gasteiger charge is 2.10. The molecule has 0 bridgehead atoms. The maximum Gasteiger partial charge on any atom is 0.229 e. The Morgan fingerprint density at radius 1 is 0.969 bits per heavy atom. The molecule has 0 atom stereocenters. The molecule has 32 heavy (non-hydrogen) atoms. The van der Waals surface area contributed by atoms with Crippen molar-refractivity contribution in [2.45, 2.75) is 38.1 Å². The first-order valence-electron chi connectivity index (χ1n) is 10.2. The highest BCUT2D eigenvalue weighted by molar-refractivity contribution is 7.97. The maximum absolute atomic E-state index is 4.67. The number of aromatic nitrogens is 5. The van der Waals surface area contributed by atoms with Crippen LogP contribution in [0.4, 0.5) is 23.1 Å². The van der Waals surface area contributed by atoms with Gasteiger partial charge in [0.05, 0.1) is 5.69 Å². The number of aryl methyl sites for hydroxylation is 1. The Hall–Kier alpha value is -3.43. The van der Waals surface area contributed by atoms with Gasteiger partial charge in [-0.05, 0) is 82.1 Å². The molecule has 4 rings (SSSR count). The molecule has 9 heteroatoms. The second-order valence-corrected chi connectivity index (χ2v) is 9.22. The fraction of sp³-hybridized carbons (Fsp3) is 0.217. The van der Waals surface area contributed by atoms with Crippen LogP contribution in [0.25, 0.3) is 5.69 Å². The number of nitrogens with one attached hydrogen (secondary N) is 3. The summed E-state index contributed by atoms with van der Waals surface area (Å²) in [4.78, 5) is 14.2. The SMILES string of the molecule is Cc1cnc(Nc2ccc(-n3cncn3)cc2)nc1Nc1cccc(SNC(C)(C)C)c1. The van der Waals surface area contributed by atoms with Crippen molar-refractivity contribution in [2.75, 3.05) is 10.6 Å². The minimum Gasteiger partial charge on any atom is -0.340 e. The first-order valence-corrected chi connectivity index (χ1v) is 11.0. The van der Waals surface area contributed by atoms with Gasteiger partial charge in [-0.2, -0.15) is 10.1 Å². The number of benzene rings is 2. The normalized spacial score (nSPS) is 11.4. The molecule has 2 aromatic carbocycles. The van der Waals surface area contributed by atoms with Crippen LogP contribution in [-0.2, 0) is 0 Å². The monoisotopic (exact) mass is 446 g/mol. The molecule has 0 spiro atoms. The molecule has 0 aliphatic carbocycles. The summed E-state index contributed by atoms with van der Waals surface area (Å²) in [6.07, 6.45) is 4.98. The van der Waals surface area contributed by atoms with Crippen LogP contribution >= 0.6 is 11.9 Å². The van der Waals surface area contributed by atoms with Crippen molar-refractivity contribution >= 4 is 35.1 Å². The number of hydrogen-bond acceptors (Lipinski definition) is 8. The molecule has 0 aliphatic heterocycles. The molecule has 0 fully saturated rings. The lowest BCUT2D eigenvalue weighted by Crippen LogP contribution is -2.29. The zero-order valence-electron chi connectivity index (χ0n) is 18.5. The van der Waals surface area contributed by atoms with Crippen molar-refractivity contribution in [3.63, 3.8) is 0 Å². The Labute approximate surface area is 192 Å². The minimum absolute atomic E-state index is 0.0331. The summed E-state index contributed by atoms with van der Waals surface area (Å²) in [6, 6.07) is 16.1. The molecule has 8 nitrogen and oxygen atoms in total. The highest BCUT2D eigenvalue weighted by atomic mass is 32.2. The van der Waals surface area contributed by atoms with Crippen LogP contribution < -0.4 is 15.4 Å². The molecule has 0 unspecified atom stereocenters. The van der Waals surface area contributed by atoms with Crippen molar-refractivity contribution in [1.29, 1.82) is 0 Å². The molecular formula is C23H26N8S. The summed E-state index contributed by atoms with van der Waals surface area (Å²) in [6.45, 7) is 8.41. The quantitative estimate of drug-likeness (QED) is 0.332. The summed E-state index contributed by atoms with van der Waals surface area (Å²) in [5.41, 5.74) is 3.78. The van der Waals surface area contributed by atoms with Gasteiger partial charge in [-0.15, -0.1) is 0 Å². The molecule has 0 amide bonds. The van der Waals surface area contributed by atoms with Crippen molar-refractivity contribution < 1.29 is 0 Å². The molecule has 164 valence electrons. The van der Waals surface area contributed by atoms with Gasteiger partial charge < -0.3 is 10.6 Å². The molecule has 0 saturated heterocycles. The third kappa shape index (κ3) is 5.83. The van der Waals surface area contributed by atoms with Crippen molar-refractivity contribution in [3.8, 4) is 5.69 Å². The fourth-order valence-corrected chi connectivity index (χ4v) is 3.54. The van der Waals surface area contributed by atoms with Crippen molar-refractivity contribution in [1.82, 2.24) is 29.5 Å². The first kappa shape index (κ1) is 21.8. The third-order valence-corrected chi connectivity index (χ3v) is 5.55. The highest BCUT2D eigenvalue weighted by Crippen LogP contribution is 2.25. The van der Waals surface area contributed by atoms with Crippen LogP contribution in [0, 0.1) is 6.92 Å². The smallest absolute Gasteiger partial charge is 0.229 e. The van der Waals surface area contributed by atoms with Gasteiger partial charge in [0.15, 0.2) is 0 Å². The molecule has 0 radical (unpaired) electrons. The van der Waals surface area contributed by atoms with E-state index in [0.717, 1.165) is 33.3 Å². The second-order valence-electron chi connectivity index (χ2n) is 8.34. The summed E-state index contributed by atoms with van der Waals surface area (Å²) < 4.78 is 5.14. The second kappa shape index (κ2) is 9.37. The lowest BCUT2D eigenvalue weighted by atomic mass is 10.1. The van der Waals surface area contributed by atoms with E-state index in [-0.39, 0.29) is 5.54 Å². The third-order valence-electron chi connectivity index (χ3n) is 4.35. The van der Waals surface area contributed by atoms with Crippen LogP contribution in [-0.4, -0.2) is 30.3 Å². The molecule has 2 heterocycles. The molecular weight excluding hydrogens is 420 g/mol. The van der Waals surface area contributed by atoms with E-state index in [1.165, 1.54) is 6.33 Å². The summed E-state index contributed by atoms with van der Waals surface area (Å²) in [7, 11) is 0. The van der Waals surface area contributed by atoms with E-state index in [9.17, 15) is 0 Å². The van der Waals surface area contributed by atoms with E-state index in [0.29, 0.717) is 5.95 Å². The molecule has 3 N–H and O–H groups in total. The van der Waals surface area contributed by atoms with E-state index in [4.69, 9.17) is 0 Å². The van der Waals surface area contributed by atoms with Gasteiger partial charge in [0.2, 0.25) is 5.95 Å². The molecule has 4 aromatic rings. The predicted octanol–water partition coefficient (Wildman–Crippen LogP) is 5.25. The zero-order valence-corrected chi connectivity index (χ0v) is 19.3. The van der Waals surface area contributed by atoms with Gasteiger partial charge >= 0.3 is 0 Å². The van der Waals surface area contributed by atoms with Crippen LogP contribution in [0.5, 0.6) is 0 Å². The van der Waals surface area contributed by atoms with E-state index in [2.05, 4.69) is 68.3 Å². The average molecular weight is 447 g/mol. The van der Waals surface area contributed by atoms with E-state index >= 15 is 0 Å². The van der Waals surface area contributed by atoms with Gasteiger partial charge in [-0.25, -0.2) is 14.6 Å². The Kier molecular flexibility index (Phi) is 6.38. The van der Waals surface area contributed by atoms with Gasteiger partial charge in [0.25, 0.3) is 0 Å². The minimum atomic E-state index is 0.0331. The van der Waals surface area contributed by atoms with Crippen LogP contribution in [0.15, 0.2) is 72.3 Å². The summed E-state index contributed by atoms with van der Waals surface area (Å²) >= 11 is 1.62. The maximum atomic E-state index is 4.67. The topological polar surface area (TPSA) is 92.6 Å². The van der Waals surface area contributed by atoms with Gasteiger partial charge in [-0.3, -0.25) is 4.72 Å². The largest absolute Gasteiger partial charge is 0.340 e. The number of anilines is 4. The Morgan fingerprint density at radius 2 is 1.78 bits per heavy atom. The van der Waals surface area contributed by atoms with Crippen molar-refractivity contribution in [3.05, 3.63) is 72.9 Å². The predicted molar refractivity (Wildman–Crippen MR) is 130 cm³/mol. The molecule has 0 saturated carbocycles. The summed E-state index contributed by atoms with van der Waals surface area (Å²) in [5, 5.41) is 10.8. The number of hydrogen-bond donors (Lipinski definition) is 3. The Balaban J connectivity index is 1.46. The van der Waals surface area contributed by atoms with Crippen LogP contribution in [0.3, 0.4) is 0 Å². The average Bonchev–Trinajstić information content (AvgIpc) is 3.30. The first-order chi connectivity index (χ1) is 15.4. The van der Waals surface area contributed by atoms with Gasteiger partial charge in [0, 0.05) is 33.6 Å². The zero-order chi connectivity index (χ0) is 22.6.